The van der Waals surface area contributed by atoms with Crippen LogP contribution in [0.3, 0.4) is 0 Å². The van der Waals surface area contributed by atoms with E-state index in [1.165, 1.54) is 0 Å². The van der Waals surface area contributed by atoms with Gasteiger partial charge in [0.15, 0.2) is 0 Å². The van der Waals surface area contributed by atoms with Crippen molar-refractivity contribution < 1.29 is 9.90 Å². The van der Waals surface area contributed by atoms with Crippen LogP contribution in [0.15, 0.2) is 0 Å². The molecule has 1 fully saturated rings. The molecule has 2 unspecified atom stereocenters. The van der Waals surface area contributed by atoms with Crippen molar-refractivity contribution in [1.29, 1.82) is 0 Å². The zero-order valence-corrected chi connectivity index (χ0v) is 9.36. The third-order valence-corrected chi connectivity index (χ3v) is 3.34. The van der Waals surface area contributed by atoms with Gasteiger partial charge in [-0.1, -0.05) is 13.8 Å². The van der Waals surface area contributed by atoms with E-state index in [-0.39, 0.29) is 5.92 Å². The van der Waals surface area contributed by atoms with Crippen LogP contribution in [-0.2, 0) is 4.79 Å². The quantitative estimate of drug-likeness (QED) is 0.754. The summed E-state index contributed by atoms with van der Waals surface area (Å²) < 4.78 is 0. The van der Waals surface area contributed by atoms with Crippen molar-refractivity contribution >= 4 is 5.97 Å². The first kappa shape index (κ1) is 11.5. The van der Waals surface area contributed by atoms with Crippen LogP contribution in [0.2, 0.25) is 0 Å². The molecule has 1 aliphatic heterocycles. The molecule has 0 spiro atoms. The van der Waals surface area contributed by atoms with Crippen LogP contribution in [0, 0.1) is 11.8 Å². The number of aliphatic carboxylic acids is 1. The zero-order chi connectivity index (χ0) is 10.7. The maximum absolute atomic E-state index is 10.9. The lowest BCUT2D eigenvalue weighted by Crippen LogP contribution is -2.45. The van der Waals surface area contributed by atoms with Crippen LogP contribution in [-0.4, -0.2) is 35.1 Å². The van der Waals surface area contributed by atoms with E-state index in [1.54, 1.807) is 0 Å². The molecule has 0 aromatic carbocycles. The Balaban J connectivity index is 2.51. The van der Waals surface area contributed by atoms with E-state index in [0.29, 0.717) is 12.0 Å². The standard InChI is InChI=1S/C11H21NO2/c1-8(2)9(3)12-6-4-5-10(7-12)11(13)14/h8-10H,4-7H2,1-3H3,(H,13,14). The molecule has 3 nitrogen and oxygen atoms in total. The first-order valence-corrected chi connectivity index (χ1v) is 5.49. The predicted molar refractivity (Wildman–Crippen MR) is 56.2 cm³/mol. The van der Waals surface area contributed by atoms with Gasteiger partial charge < -0.3 is 5.11 Å². The van der Waals surface area contributed by atoms with Crippen molar-refractivity contribution in [2.45, 2.75) is 39.7 Å². The molecule has 2 atom stereocenters. The van der Waals surface area contributed by atoms with Gasteiger partial charge in [-0.3, -0.25) is 9.69 Å². The summed E-state index contributed by atoms with van der Waals surface area (Å²) in [5, 5.41) is 8.95. The zero-order valence-electron chi connectivity index (χ0n) is 9.36. The first-order chi connectivity index (χ1) is 6.52. The van der Waals surface area contributed by atoms with Gasteiger partial charge in [0.2, 0.25) is 0 Å². The lowest BCUT2D eigenvalue weighted by atomic mass is 9.94. The minimum atomic E-state index is -0.634. The fourth-order valence-corrected chi connectivity index (χ4v) is 2.00. The number of carbonyl (C=O) groups is 1. The van der Waals surface area contributed by atoms with Crippen LogP contribution in [0.5, 0.6) is 0 Å². The molecule has 82 valence electrons. The van der Waals surface area contributed by atoms with Crippen molar-refractivity contribution in [2.75, 3.05) is 13.1 Å². The highest BCUT2D eigenvalue weighted by atomic mass is 16.4. The molecular weight excluding hydrogens is 178 g/mol. The predicted octanol–water partition coefficient (Wildman–Crippen LogP) is 1.83. The summed E-state index contributed by atoms with van der Waals surface area (Å²) in [6, 6.07) is 0.497. The molecule has 1 rings (SSSR count). The van der Waals surface area contributed by atoms with Crippen LogP contribution < -0.4 is 0 Å². The van der Waals surface area contributed by atoms with Gasteiger partial charge >= 0.3 is 5.97 Å². The van der Waals surface area contributed by atoms with Crippen LogP contribution in [0.25, 0.3) is 0 Å². The number of carboxylic acid groups (broad SMARTS) is 1. The molecule has 14 heavy (non-hydrogen) atoms. The highest BCUT2D eigenvalue weighted by Crippen LogP contribution is 2.21. The maximum atomic E-state index is 10.9. The highest BCUT2D eigenvalue weighted by Gasteiger charge is 2.28. The number of nitrogens with zero attached hydrogens (tertiary/aromatic N) is 1. The van der Waals surface area contributed by atoms with Gasteiger partial charge in [-0.15, -0.1) is 0 Å². The van der Waals surface area contributed by atoms with Gasteiger partial charge in [0.05, 0.1) is 5.92 Å². The number of carboxylic acids is 1. The minimum absolute atomic E-state index is 0.148. The Morgan fingerprint density at radius 3 is 2.57 bits per heavy atom. The Labute approximate surface area is 86.1 Å². The highest BCUT2D eigenvalue weighted by molar-refractivity contribution is 5.70. The third kappa shape index (κ3) is 2.71. The minimum Gasteiger partial charge on any atom is -0.481 e. The Kier molecular flexibility index (Phi) is 3.93. The fourth-order valence-electron chi connectivity index (χ4n) is 2.00. The SMILES string of the molecule is CC(C)C(C)N1CCCC(C(=O)O)C1. The smallest absolute Gasteiger partial charge is 0.307 e. The number of hydrogen-bond donors (Lipinski definition) is 1. The molecule has 0 saturated carbocycles. The Morgan fingerprint density at radius 2 is 2.07 bits per heavy atom. The van der Waals surface area contributed by atoms with Gasteiger partial charge in [0, 0.05) is 12.6 Å². The van der Waals surface area contributed by atoms with Crippen LogP contribution >= 0.6 is 0 Å². The van der Waals surface area contributed by atoms with Crippen LogP contribution in [0.1, 0.15) is 33.6 Å². The molecule has 3 heteroatoms. The summed E-state index contributed by atoms with van der Waals surface area (Å²) in [6.45, 7) is 8.36. The van der Waals surface area contributed by atoms with E-state index < -0.39 is 5.97 Å². The van der Waals surface area contributed by atoms with Crippen molar-refractivity contribution in [3.63, 3.8) is 0 Å². The molecule has 1 aliphatic rings. The van der Waals surface area contributed by atoms with E-state index in [0.717, 1.165) is 25.9 Å². The number of hydrogen-bond acceptors (Lipinski definition) is 2. The van der Waals surface area contributed by atoms with E-state index in [1.807, 2.05) is 0 Å². The molecule has 1 saturated heterocycles. The van der Waals surface area contributed by atoms with E-state index in [2.05, 4.69) is 25.7 Å². The Bertz CT molecular complexity index is 203. The molecule has 0 radical (unpaired) electrons. The van der Waals surface area contributed by atoms with Crippen molar-refractivity contribution in [1.82, 2.24) is 4.90 Å². The summed E-state index contributed by atoms with van der Waals surface area (Å²) in [4.78, 5) is 13.2. The maximum Gasteiger partial charge on any atom is 0.307 e. The average molecular weight is 199 g/mol. The third-order valence-electron chi connectivity index (χ3n) is 3.34. The van der Waals surface area contributed by atoms with Crippen LogP contribution in [0.4, 0.5) is 0 Å². The summed E-state index contributed by atoms with van der Waals surface area (Å²) in [6.07, 6.45) is 1.87. The molecule has 0 bridgehead atoms. The lowest BCUT2D eigenvalue weighted by Gasteiger charge is -2.37. The van der Waals surface area contributed by atoms with Gasteiger partial charge in [-0.25, -0.2) is 0 Å². The monoisotopic (exact) mass is 199 g/mol. The van der Waals surface area contributed by atoms with Gasteiger partial charge in [0.1, 0.15) is 0 Å². The second kappa shape index (κ2) is 4.78. The fraction of sp³-hybridized carbons (Fsp3) is 0.909. The summed E-state index contributed by atoms with van der Waals surface area (Å²) in [7, 11) is 0. The lowest BCUT2D eigenvalue weighted by molar-refractivity contribution is -0.144. The second-order valence-electron chi connectivity index (χ2n) is 4.66. The Hall–Kier alpha value is -0.570. The second-order valence-corrected chi connectivity index (χ2v) is 4.66. The van der Waals surface area contributed by atoms with E-state index in [9.17, 15) is 4.79 Å². The average Bonchev–Trinajstić information content (AvgIpc) is 2.16. The van der Waals surface area contributed by atoms with E-state index in [4.69, 9.17) is 5.11 Å². The summed E-state index contributed by atoms with van der Waals surface area (Å²) in [5.41, 5.74) is 0. The van der Waals surface area contributed by atoms with Gasteiger partial charge in [-0.2, -0.15) is 0 Å². The molecule has 1 N–H and O–H groups in total. The molecule has 0 aromatic heterocycles. The molecule has 0 amide bonds. The van der Waals surface area contributed by atoms with E-state index >= 15 is 0 Å². The molecule has 1 heterocycles. The number of rotatable bonds is 3. The van der Waals surface area contributed by atoms with Gasteiger partial charge in [0.25, 0.3) is 0 Å². The topological polar surface area (TPSA) is 40.5 Å². The number of likely N-dealkylation sites (tertiary alicyclic amines) is 1. The summed E-state index contributed by atoms with van der Waals surface area (Å²) in [5.74, 6) is -0.182. The molecule has 0 aliphatic carbocycles. The molecular formula is C11H21NO2. The van der Waals surface area contributed by atoms with Crippen molar-refractivity contribution in [3.8, 4) is 0 Å². The number of piperidine rings is 1. The molecule has 0 aromatic rings. The largest absolute Gasteiger partial charge is 0.481 e. The first-order valence-electron chi connectivity index (χ1n) is 5.49. The summed E-state index contributed by atoms with van der Waals surface area (Å²) >= 11 is 0. The normalized spacial score (nSPS) is 26.4. The van der Waals surface area contributed by atoms with Gasteiger partial charge in [-0.05, 0) is 32.2 Å². The van der Waals surface area contributed by atoms with Crippen molar-refractivity contribution in [3.05, 3.63) is 0 Å². The van der Waals surface area contributed by atoms with Crippen molar-refractivity contribution in [2.24, 2.45) is 11.8 Å². The Morgan fingerprint density at radius 1 is 1.43 bits per heavy atom.